The fourth-order valence-electron chi connectivity index (χ4n) is 2.08. The summed E-state index contributed by atoms with van der Waals surface area (Å²) < 4.78 is 1.68. The standard InChI is InChI=1S/C14H15ClN4/c1-2-17-14(10-16,12-6-4-3-5-7-12)11-19-9-13(15)8-18-19/h3-9,17H,2,11H2,1H3. The molecule has 98 valence electrons. The van der Waals surface area contributed by atoms with Crippen molar-refractivity contribution in [2.45, 2.75) is 19.0 Å². The first kappa shape index (κ1) is 13.6. The second-order valence-corrected chi connectivity index (χ2v) is 4.71. The molecular weight excluding hydrogens is 260 g/mol. The van der Waals surface area contributed by atoms with E-state index in [9.17, 15) is 5.26 Å². The molecule has 0 saturated heterocycles. The maximum Gasteiger partial charge on any atom is 0.152 e. The van der Waals surface area contributed by atoms with Gasteiger partial charge in [0.25, 0.3) is 0 Å². The van der Waals surface area contributed by atoms with Crippen molar-refractivity contribution in [2.75, 3.05) is 6.54 Å². The number of nitriles is 1. The number of nitrogens with one attached hydrogen (secondary N) is 1. The van der Waals surface area contributed by atoms with E-state index in [1.165, 1.54) is 0 Å². The van der Waals surface area contributed by atoms with Gasteiger partial charge in [-0.15, -0.1) is 0 Å². The number of rotatable bonds is 5. The molecule has 19 heavy (non-hydrogen) atoms. The van der Waals surface area contributed by atoms with Gasteiger partial charge in [0.05, 0.1) is 23.8 Å². The van der Waals surface area contributed by atoms with Crippen LogP contribution in [0.5, 0.6) is 0 Å². The molecule has 0 aliphatic carbocycles. The lowest BCUT2D eigenvalue weighted by atomic mass is 9.91. The predicted molar refractivity (Wildman–Crippen MR) is 74.6 cm³/mol. The minimum atomic E-state index is -0.800. The third-order valence-electron chi connectivity index (χ3n) is 2.94. The molecule has 1 heterocycles. The summed E-state index contributed by atoms with van der Waals surface area (Å²) in [6, 6.07) is 12.0. The zero-order valence-electron chi connectivity index (χ0n) is 10.7. The highest BCUT2D eigenvalue weighted by Gasteiger charge is 2.32. The van der Waals surface area contributed by atoms with Gasteiger partial charge in [0.15, 0.2) is 5.54 Å². The van der Waals surface area contributed by atoms with Crippen molar-refractivity contribution in [1.82, 2.24) is 15.1 Å². The molecule has 0 bridgehead atoms. The third kappa shape index (κ3) is 2.95. The number of nitrogens with zero attached hydrogens (tertiary/aromatic N) is 3. The summed E-state index contributed by atoms with van der Waals surface area (Å²) >= 11 is 5.87. The van der Waals surface area contributed by atoms with E-state index in [1.54, 1.807) is 17.1 Å². The van der Waals surface area contributed by atoms with Gasteiger partial charge in [-0.2, -0.15) is 10.4 Å². The van der Waals surface area contributed by atoms with Crippen LogP contribution in [0.1, 0.15) is 12.5 Å². The fraction of sp³-hybridized carbons (Fsp3) is 0.286. The highest BCUT2D eigenvalue weighted by molar-refractivity contribution is 6.30. The van der Waals surface area contributed by atoms with Crippen molar-refractivity contribution in [2.24, 2.45) is 0 Å². The van der Waals surface area contributed by atoms with Gasteiger partial charge in [-0.05, 0) is 12.1 Å². The Bertz CT molecular complexity index is 573. The molecule has 1 atom stereocenters. The van der Waals surface area contributed by atoms with Crippen LogP contribution in [-0.2, 0) is 12.1 Å². The van der Waals surface area contributed by atoms with Crippen LogP contribution in [0.3, 0.4) is 0 Å². The first-order valence-electron chi connectivity index (χ1n) is 6.10. The molecule has 1 N–H and O–H groups in total. The van der Waals surface area contributed by atoms with E-state index in [1.807, 2.05) is 37.3 Å². The second-order valence-electron chi connectivity index (χ2n) is 4.27. The van der Waals surface area contributed by atoms with Crippen molar-refractivity contribution in [3.63, 3.8) is 0 Å². The maximum absolute atomic E-state index is 9.64. The molecule has 1 unspecified atom stereocenters. The van der Waals surface area contributed by atoms with E-state index in [2.05, 4.69) is 16.5 Å². The van der Waals surface area contributed by atoms with Crippen molar-refractivity contribution in [1.29, 1.82) is 5.26 Å². The molecule has 4 nitrogen and oxygen atoms in total. The van der Waals surface area contributed by atoms with Gasteiger partial charge in [0.1, 0.15) is 0 Å². The monoisotopic (exact) mass is 274 g/mol. The van der Waals surface area contributed by atoms with Crippen LogP contribution in [0, 0.1) is 11.3 Å². The van der Waals surface area contributed by atoms with E-state index in [-0.39, 0.29) is 0 Å². The Labute approximate surface area is 117 Å². The molecule has 2 aromatic rings. The molecule has 0 fully saturated rings. The van der Waals surface area contributed by atoms with Gasteiger partial charge in [-0.1, -0.05) is 48.9 Å². The smallest absolute Gasteiger partial charge is 0.152 e. The molecule has 0 saturated carbocycles. The average Bonchev–Trinajstić information content (AvgIpc) is 2.84. The number of benzene rings is 1. The zero-order valence-corrected chi connectivity index (χ0v) is 11.4. The summed E-state index contributed by atoms with van der Waals surface area (Å²) in [6.45, 7) is 3.08. The molecule has 0 amide bonds. The van der Waals surface area contributed by atoms with Crippen molar-refractivity contribution in [3.05, 3.63) is 53.3 Å². The van der Waals surface area contributed by atoms with Crippen molar-refractivity contribution in [3.8, 4) is 6.07 Å². The van der Waals surface area contributed by atoms with E-state index in [0.29, 0.717) is 18.1 Å². The van der Waals surface area contributed by atoms with Crippen LogP contribution < -0.4 is 5.32 Å². The lowest BCUT2D eigenvalue weighted by Crippen LogP contribution is -2.44. The third-order valence-corrected chi connectivity index (χ3v) is 3.13. The summed E-state index contributed by atoms with van der Waals surface area (Å²) in [6.07, 6.45) is 3.29. The Kier molecular flexibility index (Phi) is 4.20. The Morgan fingerprint density at radius 3 is 2.68 bits per heavy atom. The van der Waals surface area contributed by atoms with E-state index < -0.39 is 5.54 Å². The maximum atomic E-state index is 9.64. The van der Waals surface area contributed by atoms with Crippen LogP contribution >= 0.6 is 11.6 Å². The number of halogens is 1. The minimum Gasteiger partial charge on any atom is -0.294 e. The highest BCUT2D eigenvalue weighted by atomic mass is 35.5. The van der Waals surface area contributed by atoms with E-state index in [0.717, 1.165) is 5.56 Å². The van der Waals surface area contributed by atoms with Crippen molar-refractivity contribution >= 4 is 11.6 Å². The van der Waals surface area contributed by atoms with Crippen LogP contribution in [0.25, 0.3) is 0 Å². The lowest BCUT2D eigenvalue weighted by Gasteiger charge is -2.28. The first-order valence-corrected chi connectivity index (χ1v) is 6.48. The van der Waals surface area contributed by atoms with Crippen LogP contribution in [0.15, 0.2) is 42.7 Å². The molecule has 0 radical (unpaired) electrons. The quantitative estimate of drug-likeness (QED) is 0.912. The van der Waals surface area contributed by atoms with Crippen LogP contribution in [-0.4, -0.2) is 16.3 Å². The minimum absolute atomic E-state index is 0.411. The van der Waals surface area contributed by atoms with Gasteiger partial charge in [0.2, 0.25) is 0 Å². The molecule has 2 rings (SSSR count). The fourth-order valence-corrected chi connectivity index (χ4v) is 2.24. The second kappa shape index (κ2) is 5.87. The number of aromatic nitrogens is 2. The highest BCUT2D eigenvalue weighted by Crippen LogP contribution is 2.23. The van der Waals surface area contributed by atoms with Crippen LogP contribution in [0.4, 0.5) is 0 Å². The number of likely N-dealkylation sites (N-methyl/N-ethyl adjacent to an activating group) is 1. The molecule has 0 aliphatic rings. The Hall–Kier alpha value is -1.83. The normalized spacial score (nSPS) is 13.7. The summed E-state index contributed by atoms with van der Waals surface area (Å²) in [5.74, 6) is 0. The molecule has 0 aliphatic heterocycles. The van der Waals surface area contributed by atoms with E-state index >= 15 is 0 Å². The summed E-state index contributed by atoms with van der Waals surface area (Å²) in [7, 11) is 0. The predicted octanol–water partition coefficient (Wildman–Crippen LogP) is 2.57. The molecule has 1 aromatic carbocycles. The summed E-state index contributed by atoms with van der Waals surface area (Å²) in [4.78, 5) is 0. The van der Waals surface area contributed by atoms with Gasteiger partial charge in [-0.3, -0.25) is 10.00 Å². The van der Waals surface area contributed by atoms with E-state index in [4.69, 9.17) is 11.6 Å². The number of hydrogen-bond acceptors (Lipinski definition) is 3. The first-order chi connectivity index (χ1) is 9.20. The number of hydrogen-bond donors (Lipinski definition) is 1. The Morgan fingerprint density at radius 1 is 1.42 bits per heavy atom. The van der Waals surface area contributed by atoms with Gasteiger partial charge >= 0.3 is 0 Å². The van der Waals surface area contributed by atoms with Crippen LogP contribution in [0.2, 0.25) is 5.02 Å². The Balaban J connectivity index is 2.37. The molecule has 0 spiro atoms. The average molecular weight is 275 g/mol. The molecular formula is C14H15ClN4. The molecule has 5 heteroatoms. The van der Waals surface area contributed by atoms with Crippen molar-refractivity contribution < 1.29 is 0 Å². The van der Waals surface area contributed by atoms with Gasteiger partial charge < -0.3 is 0 Å². The largest absolute Gasteiger partial charge is 0.294 e. The lowest BCUT2D eigenvalue weighted by molar-refractivity contribution is 0.359. The summed E-state index contributed by atoms with van der Waals surface area (Å²) in [5.41, 5.74) is 0.122. The zero-order chi connectivity index (χ0) is 13.7. The molecule has 1 aromatic heterocycles. The Morgan fingerprint density at radius 2 is 2.16 bits per heavy atom. The summed E-state index contributed by atoms with van der Waals surface area (Å²) in [5, 5.41) is 17.6. The van der Waals surface area contributed by atoms with Gasteiger partial charge in [-0.25, -0.2) is 0 Å². The topological polar surface area (TPSA) is 53.6 Å². The van der Waals surface area contributed by atoms with Gasteiger partial charge in [0, 0.05) is 6.20 Å². The SMILES string of the molecule is CCNC(C#N)(Cn1cc(Cl)cn1)c1ccccc1.